The van der Waals surface area contributed by atoms with E-state index < -0.39 is 0 Å². The number of amides is 1. The molecule has 3 heteroatoms. The van der Waals surface area contributed by atoms with Crippen LogP contribution >= 0.6 is 0 Å². The molecule has 76 valence electrons. The molecule has 1 amide bonds. The summed E-state index contributed by atoms with van der Waals surface area (Å²) >= 11 is 0. The SMILES string of the molecule is C#CCCC(=O)N(C)N=CC(=C)CC. The van der Waals surface area contributed by atoms with E-state index in [1.54, 1.807) is 13.3 Å². The van der Waals surface area contributed by atoms with Gasteiger partial charge in [-0.1, -0.05) is 13.5 Å². The Hall–Kier alpha value is -1.56. The zero-order valence-electron chi connectivity index (χ0n) is 8.79. The van der Waals surface area contributed by atoms with E-state index in [1.165, 1.54) is 5.01 Å². The third-order valence-corrected chi connectivity index (χ3v) is 1.71. The summed E-state index contributed by atoms with van der Waals surface area (Å²) < 4.78 is 0. The number of hydrogen-bond acceptors (Lipinski definition) is 2. The first kappa shape index (κ1) is 12.4. The van der Waals surface area contributed by atoms with Crippen molar-refractivity contribution in [1.82, 2.24) is 5.01 Å². The van der Waals surface area contributed by atoms with E-state index in [9.17, 15) is 4.79 Å². The molecular weight excluding hydrogens is 176 g/mol. The molecule has 0 aromatic rings. The van der Waals surface area contributed by atoms with E-state index in [1.807, 2.05) is 6.92 Å². The lowest BCUT2D eigenvalue weighted by molar-refractivity contribution is -0.129. The maximum Gasteiger partial charge on any atom is 0.243 e. The van der Waals surface area contributed by atoms with Gasteiger partial charge in [0.1, 0.15) is 0 Å². The Morgan fingerprint density at radius 3 is 2.86 bits per heavy atom. The Balaban J connectivity index is 4.01. The summed E-state index contributed by atoms with van der Waals surface area (Å²) in [6.45, 7) is 5.73. The highest BCUT2D eigenvalue weighted by Crippen LogP contribution is 1.97. The first-order valence-electron chi connectivity index (χ1n) is 4.53. The van der Waals surface area contributed by atoms with Crippen LogP contribution in [0.1, 0.15) is 26.2 Å². The second-order valence-corrected chi connectivity index (χ2v) is 2.88. The van der Waals surface area contributed by atoms with E-state index in [-0.39, 0.29) is 5.91 Å². The van der Waals surface area contributed by atoms with Crippen molar-refractivity contribution in [2.24, 2.45) is 5.10 Å². The number of terminal acetylenes is 1. The van der Waals surface area contributed by atoms with Crippen LogP contribution in [0.25, 0.3) is 0 Å². The van der Waals surface area contributed by atoms with Crippen molar-refractivity contribution < 1.29 is 4.79 Å². The Morgan fingerprint density at radius 2 is 2.36 bits per heavy atom. The predicted molar refractivity (Wildman–Crippen MR) is 58.8 cm³/mol. The van der Waals surface area contributed by atoms with Gasteiger partial charge in [-0.05, 0) is 12.0 Å². The van der Waals surface area contributed by atoms with E-state index in [0.717, 1.165) is 12.0 Å². The molecule has 0 saturated heterocycles. The van der Waals surface area contributed by atoms with Crippen LogP contribution in [0.15, 0.2) is 17.3 Å². The van der Waals surface area contributed by atoms with Crippen LogP contribution < -0.4 is 0 Å². The van der Waals surface area contributed by atoms with Crippen LogP contribution in [-0.2, 0) is 4.79 Å². The first-order chi connectivity index (χ1) is 6.61. The van der Waals surface area contributed by atoms with Crippen molar-refractivity contribution >= 4 is 12.1 Å². The van der Waals surface area contributed by atoms with Crippen LogP contribution in [-0.4, -0.2) is 24.2 Å². The van der Waals surface area contributed by atoms with Gasteiger partial charge in [0.05, 0.1) is 6.21 Å². The fourth-order valence-corrected chi connectivity index (χ4v) is 0.665. The predicted octanol–water partition coefficient (Wildman–Crippen LogP) is 1.81. The molecule has 0 spiro atoms. The molecule has 0 aliphatic rings. The molecule has 0 aromatic heterocycles. The molecule has 0 saturated carbocycles. The van der Waals surface area contributed by atoms with Gasteiger partial charge in [0.15, 0.2) is 0 Å². The molecule has 0 bridgehead atoms. The summed E-state index contributed by atoms with van der Waals surface area (Å²) in [5.74, 6) is 2.33. The molecule has 3 nitrogen and oxygen atoms in total. The van der Waals surface area contributed by atoms with E-state index >= 15 is 0 Å². The van der Waals surface area contributed by atoms with E-state index in [0.29, 0.717) is 12.8 Å². The Morgan fingerprint density at radius 1 is 1.71 bits per heavy atom. The van der Waals surface area contributed by atoms with Crippen molar-refractivity contribution in [1.29, 1.82) is 0 Å². The Labute approximate surface area is 85.5 Å². The number of carbonyl (C=O) groups is 1. The number of nitrogens with zero attached hydrogens (tertiary/aromatic N) is 2. The fourth-order valence-electron chi connectivity index (χ4n) is 0.665. The van der Waals surface area contributed by atoms with Gasteiger partial charge in [0.25, 0.3) is 0 Å². The summed E-state index contributed by atoms with van der Waals surface area (Å²) in [4.78, 5) is 11.3. The van der Waals surface area contributed by atoms with Gasteiger partial charge >= 0.3 is 0 Å². The average Bonchev–Trinajstić information content (AvgIpc) is 2.21. The van der Waals surface area contributed by atoms with Gasteiger partial charge in [-0.2, -0.15) is 5.10 Å². The topological polar surface area (TPSA) is 32.7 Å². The minimum absolute atomic E-state index is 0.0805. The largest absolute Gasteiger partial charge is 0.273 e. The van der Waals surface area contributed by atoms with Gasteiger partial charge in [0.2, 0.25) is 5.91 Å². The molecule has 0 aliphatic heterocycles. The van der Waals surface area contributed by atoms with Crippen LogP contribution in [0.2, 0.25) is 0 Å². The monoisotopic (exact) mass is 192 g/mol. The summed E-state index contributed by atoms with van der Waals surface area (Å²) in [5, 5.41) is 5.23. The number of carbonyl (C=O) groups excluding carboxylic acids is 1. The van der Waals surface area contributed by atoms with E-state index in [4.69, 9.17) is 6.42 Å². The normalized spacial score (nSPS) is 9.79. The van der Waals surface area contributed by atoms with Crippen molar-refractivity contribution in [3.8, 4) is 12.3 Å². The van der Waals surface area contributed by atoms with E-state index in [2.05, 4.69) is 17.6 Å². The second kappa shape index (κ2) is 6.90. The highest BCUT2D eigenvalue weighted by molar-refractivity contribution is 5.81. The average molecular weight is 192 g/mol. The standard InChI is InChI=1S/C11H16N2O/c1-5-7-8-11(14)13(4)12-9-10(3)6-2/h1,9H,3,6-8H2,2,4H3. The van der Waals surface area contributed by atoms with Gasteiger partial charge in [-0.15, -0.1) is 12.3 Å². The minimum Gasteiger partial charge on any atom is -0.273 e. The lowest BCUT2D eigenvalue weighted by atomic mass is 10.3. The van der Waals surface area contributed by atoms with Crippen LogP contribution in [0.5, 0.6) is 0 Å². The number of rotatable bonds is 5. The maximum absolute atomic E-state index is 11.3. The van der Waals surface area contributed by atoms with Crippen LogP contribution in [0, 0.1) is 12.3 Å². The molecule has 0 radical (unpaired) electrons. The van der Waals surface area contributed by atoms with Gasteiger partial charge in [-0.3, -0.25) is 4.79 Å². The summed E-state index contributed by atoms with van der Waals surface area (Å²) in [7, 11) is 1.61. The summed E-state index contributed by atoms with van der Waals surface area (Å²) in [6, 6.07) is 0. The zero-order chi connectivity index (χ0) is 11.0. The number of allylic oxidation sites excluding steroid dienone is 1. The first-order valence-corrected chi connectivity index (χ1v) is 4.53. The molecule has 0 heterocycles. The number of hydrogen-bond donors (Lipinski definition) is 0. The smallest absolute Gasteiger partial charge is 0.243 e. The molecule has 14 heavy (non-hydrogen) atoms. The van der Waals surface area contributed by atoms with Crippen molar-refractivity contribution in [2.75, 3.05) is 7.05 Å². The molecule has 0 fully saturated rings. The van der Waals surface area contributed by atoms with Crippen LogP contribution in [0.3, 0.4) is 0 Å². The third-order valence-electron chi connectivity index (χ3n) is 1.71. The molecule has 0 rings (SSSR count). The Bertz CT molecular complexity index is 274. The molecule has 0 N–H and O–H groups in total. The fraction of sp³-hybridized carbons (Fsp3) is 0.455. The zero-order valence-corrected chi connectivity index (χ0v) is 8.79. The molecular formula is C11H16N2O. The molecule has 0 aromatic carbocycles. The quantitative estimate of drug-likeness (QED) is 0.371. The second-order valence-electron chi connectivity index (χ2n) is 2.88. The Kier molecular flexibility index (Phi) is 6.13. The highest BCUT2D eigenvalue weighted by Gasteiger charge is 2.04. The molecule has 0 unspecified atom stereocenters. The van der Waals surface area contributed by atoms with Crippen molar-refractivity contribution in [3.63, 3.8) is 0 Å². The van der Waals surface area contributed by atoms with Gasteiger partial charge < -0.3 is 0 Å². The molecule has 0 aliphatic carbocycles. The van der Waals surface area contributed by atoms with Crippen molar-refractivity contribution in [3.05, 3.63) is 12.2 Å². The van der Waals surface area contributed by atoms with Crippen LogP contribution in [0.4, 0.5) is 0 Å². The van der Waals surface area contributed by atoms with Crippen molar-refractivity contribution in [2.45, 2.75) is 26.2 Å². The lowest BCUT2D eigenvalue weighted by Gasteiger charge is -2.09. The maximum atomic E-state index is 11.3. The highest BCUT2D eigenvalue weighted by atomic mass is 16.2. The number of hydrazone groups is 1. The summed E-state index contributed by atoms with van der Waals surface area (Å²) in [5.41, 5.74) is 0.890. The molecule has 0 atom stereocenters. The van der Waals surface area contributed by atoms with Gasteiger partial charge in [0, 0.05) is 19.9 Å². The van der Waals surface area contributed by atoms with Gasteiger partial charge in [-0.25, -0.2) is 5.01 Å². The minimum atomic E-state index is -0.0805. The third kappa shape index (κ3) is 5.15. The lowest BCUT2D eigenvalue weighted by Crippen LogP contribution is -2.20. The summed E-state index contributed by atoms with van der Waals surface area (Å²) in [6.07, 6.45) is 8.26.